The Morgan fingerprint density at radius 1 is 0.845 bits per heavy atom. The van der Waals surface area contributed by atoms with Crippen molar-refractivity contribution in [2.75, 3.05) is 32.5 Å². The van der Waals surface area contributed by atoms with E-state index in [-0.39, 0.29) is 66.2 Å². The number of sulfonamides is 2. The summed E-state index contributed by atoms with van der Waals surface area (Å²) in [5.41, 5.74) is 2.69. The molecule has 19 heteroatoms. The number of oxazole rings is 1. The van der Waals surface area contributed by atoms with Crippen molar-refractivity contribution in [2.45, 2.75) is 92.1 Å². The molecule has 1 unspecified atom stereocenters. The van der Waals surface area contributed by atoms with Gasteiger partial charge in [-0.25, -0.2) is 26.6 Å². The van der Waals surface area contributed by atoms with Gasteiger partial charge in [0.1, 0.15) is 17.2 Å². The lowest BCUT2D eigenvalue weighted by molar-refractivity contribution is -0.142. The molecular formula is C52H56Cl2N6O9S2. The van der Waals surface area contributed by atoms with Crippen LogP contribution in [-0.2, 0) is 39.8 Å². The number of allylic oxidation sites excluding steroid dienone is 1. The van der Waals surface area contributed by atoms with Crippen LogP contribution < -0.4 is 19.7 Å². The highest BCUT2D eigenvalue weighted by Gasteiger charge is 2.39. The predicted molar refractivity (Wildman–Crippen MR) is 282 cm³/mol. The Morgan fingerprint density at radius 2 is 1.51 bits per heavy atom. The number of nitrogens with one attached hydrogen (secondary N) is 3. The van der Waals surface area contributed by atoms with Gasteiger partial charge in [-0.05, 0) is 102 Å². The Hall–Kier alpha value is -6.45. The fraction of sp³-hybridized carbons (Fsp3) is 0.327. The first-order valence-corrected chi connectivity index (χ1v) is 26.5. The lowest BCUT2D eigenvalue weighted by Gasteiger charge is -2.32. The second-order valence-corrected chi connectivity index (χ2v) is 24.3. The summed E-state index contributed by atoms with van der Waals surface area (Å²) in [7, 11) is -8.15. The van der Waals surface area contributed by atoms with Crippen LogP contribution in [0.1, 0.15) is 91.3 Å². The maximum Gasteiger partial charge on any atom is 0.415 e. The third-order valence-corrected chi connectivity index (χ3v) is 14.0. The molecule has 0 saturated carbocycles. The largest absolute Gasteiger partial charge is 0.435 e. The second-order valence-electron chi connectivity index (χ2n) is 20.1. The summed E-state index contributed by atoms with van der Waals surface area (Å²) in [4.78, 5) is 47.6. The molecule has 0 aliphatic heterocycles. The molecule has 0 radical (unpaired) electrons. The molecule has 1 atom stereocenters. The number of benzene rings is 5. The van der Waals surface area contributed by atoms with E-state index in [9.17, 15) is 36.5 Å². The number of Topliss-reactive ketones (excluding diaryl/α,β-unsaturated/α-hetero) is 1. The van der Waals surface area contributed by atoms with Crippen LogP contribution in [0.3, 0.4) is 0 Å². The van der Waals surface area contributed by atoms with Crippen LogP contribution in [0.25, 0.3) is 33.5 Å². The molecule has 71 heavy (non-hydrogen) atoms. The number of hydrogen-bond donors (Lipinski definition) is 3. The molecule has 0 aliphatic carbocycles. The average molecular weight is 1040 g/mol. The number of nitrogens with zero attached hydrogens (tertiary/aromatic N) is 3. The summed E-state index contributed by atoms with van der Waals surface area (Å²) >= 11 is 13.0. The molecule has 0 spiro atoms. The van der Waals surface area contributed by atoms with Crippen molar-refractivity contribution in [3.05, 3.63) is 118 Å². The van der Waals surface area contributed by atoms with Gasteiger partial charge in [-0.2, -0.15) is 5.26 Å². The van der Waals surface area contributed by atoms with Crippen LogP contribution in [-0.4, -0.2) is 58.5 Å². The van der Waals surface area contributed by atoms with Crippen molar-refractivity contribution in [3.8, 4) is 6.07 Å². The van der Waals surface area contributed by atoms with Gasteiger partial charge >= 0.3 is 6.09 Å². The van der Waals surface area contributed by atoms with E-state index < -0.39 is 49.3 Å². The Bertz CT molecular complexity index is 3400. The highest BCUT2D eigenvalue weighted by atomic mass is 35.5. The zero-order valence-electron chi connectivity index (χ0n) is 41.2. The molecule has 5 aromatic carbocycles. The van der Waals surface area contributed by atoms with E-state index in [1.807, 2.05) is 18.2 Å². The van der Waals surface area contributed by atoms with Crippen LogP contribution in [0, 0.1) is 29.1 Å². The quantitative estimate of drug-likeness (QED) is 0.0649. The van der Waals surface area contributed by atoms with Crippen LogP contribution >= 0.6 is 23.2 Å². The fourth-order valence-corrected chi connectivity index (χ4v) is 10.7. The van der Waals surface area contributed by atoms with Crippen molar-refractivity contribution < 1.29 is 40.4 Å². The first kappa shape index (κ1) is 53.9. The van der Waals surface area contributed by atoms with E-state index in [0.717, 1.165) is 24.3 Å². The maximum absolute atomic E-state index is 14.1. The van der Waals surface area contributed by atoms with Crippen molar-refractivity contribution in [1.82, 2.24) is 4.98 Å². The van der Waals surface area contributed by atoms with E-state index in [1.54, 1.807) is 77.1 Å². The zero-order valence-corrected chi connectivity index (χ0v) is 44.4. The molecule has 1 heterocycles. The van der Waals surface area contributed by atoms with Crippen molar-refractivity contribution in [3.63, 3.8) is 0 Å². The molecule has 15 nitrogen and oxygen atoms in total. The summed E-state index contributed by atoms with van der Waals surface area (Å²) < 4.78 is 68.4. The molecule has 374 valence electrons. The van der Waals surface area contributed by atoms with E-state index >= 15 is 0 Å². The normalized spacial score (nSPS) is 13.1. The van der Waals surface area contributed by atoms with Gasteiger partial charge < -0.3 is 14.5 Å². The van der Waals surface area contributed by atoms with Crippen molar-refractivity contribution in [2.24, 2.45) is 10.8 Å². The van der Waals surface area contributed by atoms with E-state index in [1.165, 1.54) is 29.2 Å². The Morgan fingerprint density at radius 3 is 2.11 bits per heavy atom. The third kappa shape index (κ3) is 12.7. The lowest BCUT2D eigenvalue weighted by Crippen LogP contribution is -2.47. The number of fused-ring (bicyclic) bond motifs is 2. The minimum absolute atomic E-state index is 0.0607. The molecule has 3 N–H and O–H groups in total. The molecule has 0 saturated heterocycles. The van der Waals surface area contributed by atoms with E-state index in [4.69, 9.17) is 32.4 Å². The highest BCUT2D eigenvalue weighted by Crippen LogP contribution is 2.39. The van der Waals surface area contributed by atoms with Crippen LogP contribution in [0.5, 0.6) is 0 Å². The molecule has 2 amide bonds. The number of aryl methyl sites for hydroxylation is 1. The first-order chi connectivity index (χ1) is 32.9. The van der Waals surface area contributed by atoms with Gasteiger partial charge in [0.05, 0.1) is 38.3 Å². The van der Waals surface area contributed by atoms with Gasteiger partial charge in [0.15, 0.2) is 11.4 Å². The zero-order chi connectivity index (χ0) is 52.6. The molecule has 1 aromatic heterocycles. The number of ketones is 1. The monoisotopic (exact) mass is 1040 g/mol. The molecule has 0 bridgehead atoms. The summed E-state index contributed by atoms with van der Waals surface area (Å²) in [6.07, 6.45) is 0.525. The Labute approximate surface area is 424 Å². The maximum atomic E-state index is 14.1. The molecule has 6 aromatic rings. The Kier molecular flexibility index (Phi) is 15.4. The summed E-state index contributed by atoms with van der Waals surface area (Å²) in [6, 6.07) is 24.3. The number of ether oxygens (including phenoxy) is 1. The van der Waals surface area contributed by atoms with Gasteiger partial charge in [0.2, 0.25) is 22.0 Å². The van der Waals surface area contributed by atoms with Gasteiger partial charge in [-0.3, -0.25) is 23.9 Å². The van der Waals surface area contributed by atoms with Crippen LogP contribution in [0.2, 0.25) is 10.0 Å². The number of rotatable bonds is 15. The van der Waals surface area contributed by atoms with Gasteiger partial charge in [-0.15, -0.1) is 0 Å². The van der Waals surface area contributed by atoms with Crippen molar-refractivity contribution in [1.29, 1.82) is 5.26 Å². The second kappa shape index (κ2) is 20.3. The minimum Gasteiger partial charge on any atom is -0.435 e. The minimum atomic E-state index is -4.45. The summed E-state index contributed by atoms with van der Waals surface area (Å²) in [5, 5.41) is 12.9. The van der Waals surface area contributed by atoms with Gasteiger partial charge in [-0.1, -0.05) is 115 Å². The first-order valence-electron chi connectivity index (χ1n) is 22.4. The number of nitriles is 1. The Balaban J connectivity index is 1.23. The molecule has 6 rings (SSSR count). The third-order valence-electron chi connectivity index (χ3n) is 11.4. The molecule has 0 fully saturated rings. The molecule has 0 aliphatic rings. The van der Waals surface area contributed by atoms with E-state index in [2.05, 4.69) is 60.4 Å². The summed E-state index contributed by atoms with van der Waals surface area (Å²) in [5.74, 6) is -1.68. The number of carbonyl (C=O) groups is 3. The van der Waals surface area contributed by atoms with Crippen LogP contribution in [0.15, 0.2) is 94.2 Å². The molecular weight excluding hydrogens is 988 g/mol. The van der Waals surface area contributed by atoms with Crippen molar-refractivity contribution >= 4 is 117 Å². The van der Waals surface area contributed by atoms with E-state index in [0.29, 0.717) is 33.3 Å². The number of anilines is 4. The predicted octanol–water partition coefficient (Wildman–Crippen LogP) is 12.1. The number of aromatic nitrogens is 1. The topological polar surface area (TPSA) is 218 Å². The fourth-order valence-electron chi connectivity index (χ4n) is 8.29. The van der Waals surface area contributed by atoms with Crippen LogP contribution in [0.4, 0.5) is 27.5 Å². The number of carbonyl (C=O) groups excluding carboxylic acids is 3. The highest BCUT2D eigenvalue weighted by molar-refractivity contribution is 7.93. The number of halogens is 2. The lowest BCUT2D eigenvalue weighted by atomic mass is 9.72. The standard InChI is InChI=1S/C52H56Cl2N6O9S2/c1-12-60(34-19-17-31(30(2)23-34)24-32(28-55)48-57-42-25-33(18-21-43(42)68-48)52(9,10)29-50(3,4)5)49(63)69-45(46(61)51(6,7)8)47(62)56-40-27-41(38(54)26-37(40)53)59-71(66,67)44-22-20-39(58-70(11,64)65)35-15-13-14-16-36(35)44/h13-27,45,58-59H,12,29H2,1-11H3,(H,56,62). The summed E-state index contributed by atoms with van der Waals surface area (Å²) in [6.45, 7) is 19.2. The van der Waals surface area contributed by atoms with Gasteiger partial charge in [0, 0.05) is 28.4 Å². The SMILES string of the molecule is CCN(C(=O)OC(C(=O)Nc1cc(NS(=O)(=O)c2ccc(NS(C)(=O)=O)c3ccccc23)c(Cl)cc1Cl)C(=O)C(C)(C)C)c1ccc(C=C(C#N)c2nc3cc(C(C)(C)CC(C)(C)C)ccc3o2)c(C)c1. The number of hydrogen-bond acceptors (Lipinski definition) is 11. The average Bonchev–Trinajstić information content (AvgIpc) is 3.69. The number of amides is 2. The van der Waals surface area contributed by atoms with Gasteiger partial charge in [0.25, 0.3) is 15.9 Å². The smallest absolute Gasteiger partial charge is 0.415 e.